The Kier molecular flexibility index (Phi) is 6.08. The number of hydrogen-bond donors (Lipinski definition) is 1. The Balaban J connectivity index is 1.58. The van der Waals surface area contributed by atoms with Crippen molar-refractivity contribution in [2.45, 2.75) is 33.5 Å². The van der Waals surface area contributed by atoms with Gasteiger partial charge in [0, 0.05) is 11.6 Å². The molecule has 0 radical (unpaired) electrons. The van der Waals surface area contributed by atoms with E-state index >= 15 is 0 Å². The molecule has 142 valence electrons. The summed E-state index contributed by atoms with van der Waals surface area (Å²) in [4.78, 5) is 12.3. The van der Waals surface area contributed by atoms with Crippen LogP contribution in [0.1, 0.15) is 34.5 Å². The molecule has 2 heterocycles. The third-order valence-corrected chi connectivity index (χ3v) is 4.56. The van der Waals surface area contributed by atoms with Crippen LogP contribution in [0.15, 0.2) is 40.9 Å². The highest BCUT2D eigenvalue weighted by atomic mass is 35.5. The Morgan fingerprint density at radius 2 is 2.11 bits per heavy atom. The zero-order valence-electron chi connectivity index (χ0n) is 15.0. The molecule has 6 nitrogen and oxygen atoms in total. The number of benzene rings is 1. The van der Waals surface area contributed by atoms with E-state index in [1.165, 1.54) is 0 Å². The first-order valence-corrected chi connectivity index (χ1v) is 9.19. The molecule has 2 aromatic heterocycles. The second-order valence-corrected chi connectivity index (χ2v) is 6.75. The minimum absolute atomic E-state index is 0.208. The molecule has 1 N–H and O–H groups in total. The monoisotopic (exact) mass is 407 g/mol. The van der Waals surface area contributed by atoms with Crippen LogP contribution >= 0.6 is 23.2 Å². The molecule has 1 amide bonds. The SMILES string of the molecule is CCn1ncc(Cl)c1CNC(=O)c1ccc(COc2ccc(Cl)cc2C)o1. The van der Waals surface area contributed by atoms with Gasteiger partial charge in [-0.3, -0.25) is 9.48 Å². The minimum atomic E-state index is -0.330. The largest absolute Gasteiger partial charge is 0.485 e. The summed E-state index contributed by atoms with van der Waals surface area (Å²) in [6.45, 7) is 5.01. The van der Waals surface area contributed by atoms with Gasteiger partial charge in [0.1, 0.15) is 18.1 Å². The van der Waals surface area contributed by atoms with E-state index < -0.39 is 0 Å². The highest BCUT2D eigenvalue weighted by molar-refractivity contribution is 6.31. The van der Waals surface area contributed by atoms with Crippen LogP contribution in [0.25, 0.3) is 0 Å². The predicted molar refractivity (Wildman–Crippen MR) is 103 cm³/mol. The maximum Gasteiger partial charge on any atom is 0.287 e. The van der Waals surface area contributed by atoms with Gasteiger partial charge in [-0.2, -0.15) is 5.10 Å². The lowest BCUT2D eigenvalue weighted by Crippen LogP contribution is -2.24. The summed E-state index contributed by atoms with van der Waals surface area (Å²) in [5.74, 6) is 1.14. The normalized spacial score (nSPS) is 10.8. The summed E-state index contributed by atoms with van der Waals surface area (Å²) in [5, 5.41) is 8.10. The van der Waals surface area contributed by atoms with E-state index in [4.69, 9.17) is 32.4 Å². The van der Waals surface area contributed by atoms with Gasteiger partial charge in [0.15, 0.2) is 5.76 Å². The van der Waals surface area contributed by atoms with Gasteiger partial charge < -0.3 is 14.5 Å². The standard InChI is InChI=1S/C19H19Cl2N3O3/c1-3-24-16(15(21)9-23-24)10-22-19(25)18-7-5-14(27-18)11-26-17-6-4-13(20)8-12(17)2/h4-9H,3,10-11H2,1-2H3,(H,22,25). The van der Waals surface area contributed by atoms with Crippen LogP contribution in [0.3, 0.4) is 0 Å². The number of nitrogens with zero attached hydrogens (tertiary/aromatic N) is 2. The van der Waals surface area contributed by atoms with Gasteiger partial charge >= 0.3 is 0 Å². The van der Waals surface area contributed by atoms with Crippen molar-refractivity contribution in [1.82, 2.24) is 15.1 Å². The van der Waals surface area contributed by atoms with E-state index in [0.717, 1.165) is 11.3 Å². The molecule has 8 heteroatoms. The Bertz CT molecular complexity index is 950. The highest BCUT2D eigenvalue weighted by Gasteiger charge is 2.14. The molecule has 3 aromatic rings. The topological polar surface area (TPSA) is 69.3 Å². The summed E-state index contributed by atoms with van der Waals surface area (Å²) < 4.78 is 13.0. The maximum absolute atomic E-state index is 12.3. The molecule has 0 fully saturated rings. The Morgan fingerprint density at radius 1 is 1.30 bits per heavy atom. The number of carbonyl (C=O) groups is 1. The van der Waals surface area contributed by atoms with Crippen LogP contribution in [-0.2, 0) is 19.7 Å². The van der Waals surface area contributed by atoms with Gasteiger partial charge in [-0.1, -0.05) is 23.2 Å². The number of amides is 1. The van der Waals surface area contributed by atoms with Gasteiger partial charge in [0.25, 0.3) is 5.91 Å². The molecule has 0 spiro atoms. The molecule has 0 saturated heterocycles. The van der Waals surface area contributed by atoms with Crippen molar-refractivity contribution in [1.29, 1.82) is 0 Å². The fourth-order valence-corrected chi connectivity index (χ4v) is 3.02. The first-order valence-electron chi connectivity index (χ1n) is 8.44. The molecule has 27 heavy (non-hydrogen) atoms. The molecule has 1 aromatic carbocycles. The van der Waals surface area contributed by atoms with Crippen molar-refractivity contribution in [3.05, 3.63) is 69.4 Å². The van der Waals surface area contributed by atoms with Gasteiger partial charge in [-0.25, -0.2) is 0 Å². The van der Waals surface area contributed by atoms with E-state index in [2.05, 4.69) is 10.4 Å². The van der Waals surface area contributed by atoms with E-state index in [-0.39, 0.29) is 24.8 Å². The van der Waals surface area contributed by atoms with Crippen molar-refractivity contribution in [2.24, 2.45) is 0 Å². The molecular formula is C19H19Cl2N3O3. The summed E-state index contributed by atoms with van der Waals surface area (Å²) >= 11 is 12.0. The molecular weight excluding hydrogens is 389 g/mol. The van der Waals surface area contributed by atoms with Gasteiger partial charge in [-0.05, 0) is 49.7 Å². The fraction of sp³-hybridized carbons (Fsp3) is 0.263. The third kappa shape index (κ3) is 4.64. The van der Waals surface area contributed by atoms with E-state index in [1.807, 2.05) is 19.9 Å². The van der Waals surface area contributed by atoms with E-state index in [9.17, 15) is 4.79 Å². The fourth-order valence-electron chi connectivity index (χ4n) is 2.59. The summed E-state index contributed by atoms with van der Waals surface area (Å²) in [6.07, 6.45) is 1.56. The van der Waals surface area contributed by atoms with Crippen LogP contribution in [0.5, 0.6) is 5.75 Å². The predicted octanol–water partition coefficient (Wildman–Crippen LogP) is 4.62. The molecule has 0 bridgehead atoms. The Hall–Kier alpha value is -2.44. The van der Waals surface area contributed by atoms with Gasteiger partial charge in [0.05, 0.1) is 23.5 Å². The second-order valence-electron chi connectivity index (χ2n) is 5.90. The van der Waals surface area contributed by atoms with Crippen LogP contribution in [0.2, 0.25) is 10.0 Å². The first kappa shape index (κ1) is 19.3. The minimum Gasteiger partial charge on any atom is -0.485 e. The molecule has 0 aliphatic rings. The Labute approximate surface area is 167 Å². The van der Waals surface area contributed by atoms with Gasteiger partial charge in [-0.15, -0.1) is 0 Å². The van der Waals surface area contributed by atoms with Crippen molar-refractivity contribution in [2.75, 3.05) is 0 Å². The molecule has 0 atom stereocenters. The van der Waals surface area contributed by atoms with Crippen molar-refractivity contribution in [3.63, 3.8) is 0 Å². The molecule has 0 unspecified atom stereocenters. The lowest BCUT2D eigenvalue weighted by Gasteiger charge is -2.08. The number of halogens is 2. The zero-order valence-corrected chi connectivity index (χ0v) is 16.5. The summed E-state index contributed by atoms with van der Waals surface area (Å²) in [6, 6.07) is 8.71. The maximum atomic E-state index is 12.3. The number of ether oxygens (including phenoxy) is 1. The molecule has 3 rings (SSSR count). The lowest BCUT2D eigenvalue weighted by atomic mass is 10.2. The Morgan fingerprint density at radius 3 is 2.85 bits per heavy atom. The number of nitrogens with one attached hydrogen (secondary N) is 1. The average Bonchev–Trinajstić information content (AvgIpc) is 3.25. The smallest absolute Gasteiger partial charge is 0.287 e. The van der Waals surface area contributed by atoms with E-state index in [0.29, 0.717) is 28.1 Å². The third-order valence-electron chi connectivity index (χ3n) is 4.01. The zero-order chi connectivity index (χ0) is 19.4. The van der Waals surface area contributed by atoms with Crippen molar-refractivity contribution in [3.8, 4) is 5.75 Å². The van der Waals surface area contributed by atoms with Crippen LogP contribution in [-0.4, -0.2) is 15.7 Å². The summed E-state index contributed by atoms with van der Waals surface area (Å²) in [7, 11) is 0. The number of carbonyl (C=O) groups excluding carboxylic acids is 1. The highest BCUT2D eigenvalue weighted by Crippen LogP contribution is 2.23. The van der Waals surface area contributed by atoms with Crippen molar-refractivity contribution >= 4 is 29.1 Å². The lowest BCUT2D eigenvalue weighted by molar-refractivity contribution is 0.0918. The molecule has 0 aliphatic carbocycles. The number of hydrogen-bond acceptors (Lipinski definition) is 4. The molecule has 0 aliphatic heterocycles. The molecule has 0 saturated carbocycles. The van der Waals surface area contributed by atoms with Crippen LogP contribution < -0.4 is 10.1 Å². The van der Waals surface area contributed by atoms with Crippen molar-refractivity contribution < 1.29 is 13.9 Å². The van der Waals surface area contributed by atoms with Gasteiger partial charge in [0.2, 0.25) is 0 Å². The number of aromatic nitrogens is 2. The number of furan rings is 1. The van der Waals surface area contributed by atoms with Crippen LogP contribution in [0, 0.1) is 6.92 Å². The van der Waals surface area contributed by atoms with Crippen LogP contribution in [0.4, 0.5) is 0 Å². The first-order chi connectivity index (χ1) is 13.0. The number of aryl methyl sites for hydroxylation is 2. The quantitative estimate of drug-likeness (QED) is 0.620. The second kappa shape index (κ2) is 8.50. The summed E-state index contributed by atoms with van der Waals surface area (Å²) in [5.41, 5.74) is 1.68. The van der Waals surface area contributed by atoms with E-state index in [1.54, 1.807) is 35.1 Å². The average molecular weight is 408 g/mol. The number of rotatable bonds is 7.